The summed E-state index contributed by atoms with van der Waals surface area (Å²) in [5, 5.41) is 2.92. The number of aryl methyl sites for hydroxylation is 2. The molecule has 2 aromatic carbocycles. The Hall–Kier alpha value is -2.55. The fourth-order valence-corrected chi connectivity index (χ4v) is 2.23. The molecule has 126 valence electrons. The van der Waals surface area contributed by atoms with Gasteiger partial charge in [0.25, 0.3) is 0 Å². The Bertz CT molecular complexity index is 702. The first kappa shape index (κ1) is 17.8. The summed E-state index contributed by atoms with van der Waals surface area (Å²) >= 11 is 0. The normalized spacial score (nSPS) is 10.8. The maximum Gasteiger partial charge on any atom is 0.248 e. The van der Waals surface area contributed by atoms with Gasteiger partial charge in [-0.1, -0.05) is 37.6 Å². The van der Waals surface area contributed by atoms with Crippen molar-refractivity contribution in [2.24, 2.45) is 0 Å². The fourth-order valence-electron chi connectivity index (χ4n) is 2.23. The molecule has 0 aliphatic heterocycles. The minimum Gasteiger partial charge on any atom is -0.494 e. The Kier molecular flexibility index (Phi) is 6.62. The van der Waals surface area contributed by atoms with E-state index in [0.29, 0.717) is 0 Å². The summed E-state index contributed by atoms with van der Waals surface area (Å²) in [6, 6.07) is 13.8. The largest absolute Gasteiger partial charge is 0.494 e. The van der Waals surface area contributed by atoms with Crippen LogP contribution in [0.5, 0.6) is 5.75 Å². The molecule has 0 spiro atoms. The molecule has 0 fully saturated rings. The number of anilines is 1. The average molecular weight is 323 g/mol. The van der Waals surface area contributed by atoms with Crippen LogP contribution in [-0.4, -0.2) is 12.5 Å². The lowest BCUT2D eigenvalue weighted by Gasteiger charge is -2.07. The van der Waals surface area contributed by atoms with E-state index in [1.807, 2.05) is 56.3 Å². The van der Waals surface area contributed by atoms with E-state index in [-0.39, 0.29) is 5.91 Å². The van der Waals surface area contributed by atoms with E-state index in [4.69, 9.17) is 4.74 Å². The second-order valence-electron chi connectivity index (χ2n) is 5.91. The van der Waals surface area contributed by atoms with Crippen molar-refractivity contribution in [3.05, 3.63) is 65.2 Å². The molecule has 0 aliphatic carbocycles. The Morgan fingerprint density at radius 3 is 2.58 bits per heavy atom. The highest BCUT2D eigenvalue weighted by atomic mass is 16.5. The number of amides is 1. The van der Waals surface area contributed by atoms with E-state index in [0.717, 1.165) is 47.6 Å². The molecule has 0 radical (unpaired) electrons. The molecule has 2 aromatic rings. The number of carbonyl (C=O) groups excluding carboxylic acids is 1. The molecular formula is C21H25NO2. The molecule has 24 heavy (non-hydrogen) atoms. The Labute approximate surface area is 144 Å². The molecule has 0 aliphatic rings. The lowest BCUT2D eigenvalue weighted by atomic mass is 10.1. The summed E-state index contributed by atoms with van der Waals surface area (Å²) in [5.41, 5.74) is 3.99. The second kappa shape index (κ2) is 8.92. The molecule has 1 N–H and O–H groups in total. The third-order valence-corrected chi connectivity index (χ3v) is 3.72. The van der Waals surface area contributed by atoms with Crippen LogP contribution in [0.1, 0.15) is 36.5 Å². The van der Waals surface area contributed by atoms with E-state index in [9.17, 15) is 4.79 Å². The average Bonchev–Trinajstić information content (AvgIpc) is 2.58. The van der Waals surface area contributed by atoms with E-state index in [1.54, 1.807) is 12.2 Å². The van der Waals surface area contributed by atoms with E-state index in [2.05, 4.69) is 12.2 Å². The molecule has 3 heteroatoms. The SMILES string of the molecule is CCCCOc1ccc(/C=C/C(=O)Nc2cc(C)ccc2C)cc1. The third kappa shape index (κ3) is 5.58. The van der Waals surface area contributed by atoms with Crippen molar-refractivity contribution in [3.8, 4) is 5.75 Å². The van der Waals surface area contributed by atoms with Crippen molar-refractivity contribution in [1.29, 1.82) is 0 Å². The highest BCUT2D eigenvalue weighted by Gasteiger charge is 2.02. The molecule has 1 amide bonds. The van der Waals surface area contributed by atoms with Crippen molar-refractivity contribution in [2.45, 2.75) is 33.6 Å². The lowest BCUT2D eigenvalue weighted by molar-refractivity contribution is -0.111. The van der Waals surface area contributed by atoms with Crippen LogP contribution in [0.4, 0.5) is 5.69 Å². The van der Waals surface area contributed by atoms with Gasteiger partial charge in [0, 0.05) is 11.8 Å². The van der Waals surface area contributed by atoms with Gasteiger partial charge in [0.05, 0.1) is 6.61 Å². The van der Waals surface area contributed by atoms with Gasteiger partial charge in [0.15, 0.2) is 0 Å². The first-order valence-electron chi connectivity index (χ1n) is 8.37. The number of ether oxygens (including phenoxy) is 1. The number of nitrogens with one attached hydrogen (secondary N) is 1. The highest BCUT2D eigenvalue weighted by Crippen LogP contribution is 2.17. The Morgan fingerprint density at radius 1 is 1.12 bits per heavy atom. The monoisotopic (exact) mass is 323 g/mol. The van der Waals surface area contributed by atoms with Crippen LogP contribution < -0.4 is 10.1 Å². The van der Waals surface area contributed by atoms with Gasteiger partial charge >= 0.3 is 0 Å². The number of hydrogen-bond acceptors (Lipinski definition) is 2. The van der Waals surface area contributed by atoms with Gasteiger partial charge in [-0.15, -0.1) is 0 Å². The van der Waals surface area contributed by atoms with Crippen LogP contribution in [-0.2, 0) is 4.79 Å². The maximum absolute atomic E-state index is 12.1. The Morgan fingerprint density at radius 2 is 1.88 bits per heavy atom. The fraction of sp³-hybridized carbons (Fsp3) is 0.286. The molecule has 0 bridgehead atoms. The summed E-state index contributed by atoms with van der Waals surface area (Å²) < 4.78 is 5.63. The van der Waals surface area contributed by atoms with Crippen molar-refractivity contribution in [3.63, 3.8) is 0 Å². The number of carbonyl (C=O) groups is 1. The standard InChI is InChI=1S/C21H25NO2/c1-4-5-14-24-19-11-8-18(9-12-19)10-13-21(23)22-20-15-16(2)6-7-17(20)3/h6-13,15H,4-5,14H2,1-3H3,(H,22,23)/b13-10+. The Balaban J connectivity index is 1.92. The van der Waals surface area contributed by atoms with Crippen LogP contribution in [0.2, 0.25) is 0 Å². The maximum atomic E-state index is 12.1. The van der Waals surface area contributed by atoms with Crippen LogP contribution in [0.15, 0.2) is 48.5 Å². The summed E-state index contributed by atoms with van der Waals surface area (Å²) in [6.07, 6.45) is 5.53. The minimum absolute atomic E-state index is 0.132. The molecule has 2 rings (SSSR count). The molecule has 3 nitrogen and oxygen atoms in total. The van der Waals surface area contributed by atoms with Crippen LogP contribution in [0.3, 0.4) is 0 Å². The first-order valence-corrected chi connectivity index (χ1v) is 8.37. The summed E-state index contributed by atoms with van der Waals surface area (Å²) in [7, 11) is 0. The molecule has 0 unspecified atom stereocenters. The highest BCUT2D eigenvalue weighted by molar-refractivity contribution is 6.02. The zero-order valence-corrected chi connectivity index (χ0v) is 14.6. The van der Waals surface area contributed by atoms with Gasteiger partial charge in [-0.3, -0.25) is 4.79 Å². The molecule has 0 saturated heterocycles. The van der Waals surface area contributed by atoms with Gasteiger partial charge in [-0.05, 0) is 61.2 Å². The van der Waals surface area contributed by atoms with Crippen molar-refractivity contribution in [2.75, 3.05) is 11.9 Å². The summed E-state index contributed by atoms with van der Waals surface area (Å²) in [4.78, 5) is 12.1. The van der Waals surface area contributed by atoms with Gasteiger partial charge in [-0.2, -0.15) is 0 Å². The van der Waals surface area contributed by atoms with Gasteiger partial charge < -0.3 is 10.1 Å². The van der Waals surface area contributed by atoms with Gasteiger partial charge in [-0.25, -0.2) is 0 Å². The lowest BCUT2D eigenvalue weighted by Crippen LogP contribution is -2.09. The van der Waals surface area contributed by atoms with Gasteiger partial charge in [0.1, 0.15) is 5.75 Å². The molecule has 0 saturated carbocycles. The smallest absolute Gasteiger partial charge is 0.248 e. The van der Waals surface area contributed by atoms with Crippen LogP contribution in [0.25, 0.3) is 6.08 Å². The first-order chi connectivity index (χ1) is 11.6. The third-order valence-electron chi connectivity index (χ3n) is 3.72. The zero-order valence-electron chi connectivity index (χ0n) is 14.6. The summed E-state index contributed by atoms with van der Waals surface area (Å²) in [5.74, 6) is 0.729. The number of hydrogen-bond donors (Lipinski definition) is 1. The van der Waals surface area contributed by atoms with Gasteiger partial charge in [0.2, 0.25) is 5.91 Å². The molecule has 0 aromatic heterocycles. The number of unbranched alkanes of at least 4 members (excludes halogenated alkanes) is 1. The quantitative estimate of drug-likeness (QED) is 0.566. The van der Waals surface area contributed by atoms with Crippen molar-refractivity contribution >= 4 is 17.7 Å². The van der Waals surface area contributed by atoms with E-state index in [1.165, 1.54) is 0 Å². The number of rotatable bonds is 7. The molecule has 0 atom stereocenters. The van der Waals surface area contributed by atoms with Crippen LogP contribution in [0, 0.1) is 13.8 Å². The topological polar surface area (TPSA) is 38.3 Å². The summed E-state index contributed by atoms with van der Waals surface area (Å²) in [6.45, 7) is 6.87. The zero-order chi connectivity index (χ0) is 17.4. The van der Waals surface area contributed by atoms with Crippen molar-refractivity contribution in [1.82, 2.24) is 0 Å². The minimum atomic E-state index is -0.132. The second-order valence-corrected chi connectivity index (χ2v) is 5.91. The molecular weight excluding hydrogens is 298 g/mol. The van der Waals surface area contributed by atoms with E-state index < -0.39 is 0 Å². The van der Waals surface area contributed by atoms with Crippen LogP contribution >= 0.6 is 0 Å². The van der Waals surface area contributed by atoms with Crippen molar-refractivity contribution < 1.29 is 9.53 Å². The predicted octanol–water partition coefficient (Wildman–Crippen LogP) is 5.13. The van der Waals surface area contributed by atoms with E-state index >= 15 is 0 Å². The predicted molar refractivity (Wildman–Crippen MR) is 100 cm³/mol. The number of benzene rings is 2. The molecule has 0 heterocycles.